The van der Waals surface area contributed by atoms with Crippen molar-refractivity contribution in [1.82, 2.24) is 44.4 Å². The zero-order valence-corrected chi connectivity index (χ0v) is 34.4. The van der Waals surface area contributed by atoms with Gasteiger partial charge in [0.25, 0.3) is 5.88 Å². The van der Waals surface area contributed by atoms with Crippen molar-refractivity contribution in [3.8, 4) is 62.8 Å². The summed E-state index contributed by atoms with van der Waals surface area (Å²) in [5, 5.41) is 47.4. The maximum absolute atomic E-state index is 14.4. The SMILES string of the molecule is CCc1cc(-n2nnc(O)c2-c2cccc3c2ncn3C)c(O)cc1OC(=O)C(C)C.CCc1cc(-n2nnc(S)c2-c2cccc(F)c2F)c(O)cc1OC(=O)N(C)C. The molecule has 0 saturated carbocycles. The highest BCUT2D eigenvalue weighted by Crippen LogP contribution is 2.39. The monoisotopic (exact) mass is 841 g/mol. The number of esters is 1. The number of halogens is 2. The molecule has 1 amide bonds. The minimum absolute atomic E-state index is 0.0510. The number of nitrogens with zero attached hydrogens (tertiary/aromatic N) is 9. The van der Waals surface area contributed by atoms with Crippen molar-refractivity contribution < 1.29 is 43.2 Å². The van der Waals surface area contributed by atoms with Crippen LogP contribution in [-0.4, -0.2) is 85.9 Å². The Labute approximate surface area is 347 Å². The van der Waals surface area contributed by atoms with Crippen LogP contribution >= 0.6 is 12.6 Å². The van der Waals surface area contributed by atoms with E-state index in [1.807, 2.05) is 37.6 Å². The lowest BCUT2D eigenvalue weighted by atomic mass is 10.1. The van der Waals surface area contributed by atoms with Gasteiger partial charge in [-0.15, -0.1) is 17.7 Å². The summed E-state index contributed by atoms with van der Waals surface area (Å²) in [7, 11) is 4.95. The summed E-state index contributed by atoms with van der Waals surface area (Å²) in [6.45, 7) is 7.23. The van der Waals surface area contributed by atoms with Gasteiger partial charge in [-0.25, -0.2) is 27.9 Å². The lowest BCUT2D eigenvalue weighted by Crippen LogP contribution is -2.25. The number of rotatable bonds is 9. The first kappa shape index (κ1) is 42.6. The van der Waals surface area contributed by atoms with Gasteiger partial charge in [0.2, 0.25) is 0 Å². The Morgan fingerprint density at radius 1 is 0.817 bits per heavy atom. The lowest BCUT2D eigenvalue weighted by molar-refractivity contribution is -0.137. The van der Waals surface area contributed by atoms with E-state index in [0.29, 0.717) is 52.2 Å². The van der Waals surface area contributed by atoms with Crippen LogP contribution in [0, 0.1) is 17.6 Å². The van der Waals surface area contributed by atoms with Gasteiger partial charge in [-0.3, -0.25) is 4.79 Å². The zero-order chi connectivity index (χ0) is 43.6. The van der Waals surface area contributed by atoms with Crippen LogP contribution in [-0.2, 0) is 24.7 Å². The van der Waals surface area contributed by atoms with Crippen molar-refractivity contribution in [2.75, 3.05) is 14.1 Å². The Kier molecular flexibility index (Phi) is 12.4. The molecule has 3 heterocycles. The first-order chi connectivity index (χ1) is 28.6. The molecule has 312 valence electrons. The Balaban J connectivity index is 0.000000202. The third-order valence-electron chi connectivity index (χ3n) is 9.30. The standard InChI is InChI=1S/C22H23N5O4.C19H18F2N4O3S/c1-5-13-9-16(17(28)10-18(13)31-22(30)12(2)3)27-20(21(29)24-25-27)14-7-6-8-15-19(14)23-11-26(15)4;1-4-10-8-13(14(26)9-15(10)28-19(27)24(2)3)25-17(18(29)22-23-25)11-6-5-7-12(20)16(11)21/h6-12,28-29H,5H2,1-4H3;5-9,26,29H,4H2,1-3H3. The van der Waals surface area contributed by atoms with Gasteiger partial charge in [-0.1, -0.05) is 61.4 Å². The number of ether oxygens (including phenoxy) is 2. The summed E-state index contributed by atoms with van der Waals surface area (Å²) in [4.78, 5) is 29.6. The fourth-order valence-electron chi connectivity index (χ4n) is 6.09. The number of hydrogen-bond donors (Lipinski definition) is 4. The quantitative estimate of drug-likeness (QED) is 0.0650. The molecule has 0 spiro atoms. The maximum Gasteiger partial charge on any atom is 0.414 e. The van der Waals surface area contributed by atoms with Gasteiger partial charge in [0, 0.05) is 44.4 Å². The molecule has 19 heteroatoms. The van der Waals surface area contributed by atoms with Gasteiger partial charge in [-0.2, -0.15) is 0 Å². The average Bonchev–Trinajstić information content (AvgIpc) is 3.91. The molecule has 0 bridgehead atoms. The van der Waals surface area contributed by atoms with E-state index < -0.39 is 17.7 Å². The number of hydrogen-bond acceptors (Lipinski definition) is 13. The number of aromatic hydroxyl groups is 3. The fourth-order valence-corrected chi connectivity index (χ4v) is 6.34. The second kappa shape index (κ2) is 17.5. The topological polar surface area (TPSA) is 196 Å². The van der Waals surface area contributed by atoms with E-state index >= 15 is 0 Å². The molecule has 60 heavy (non-hydrogen) atoms. The molecule has 3 N–H and O–H groups in total. The first-order valence-electron chi connectivity index (χ1n) is 18.5. The number of thiol groups is 1. The smallest absolute Gasteiger partial charge is 0.414 e. The van der Waals surface area contributed by atoms with E-state index in [1.165, 1.54) is 54.0 Å². The molecule has 0 saturated heterocycles. The number of carbonyl (C=O) groups is 2. The van der Waals surface area contributed by atoms with Crippen LogP contribution in [0.2, 0.25) is 0 Å². The lowest BCUT2D eigenvalue weighted by Gasteiger charge is -2.16. The summed E-state index contributed by atoms with van der Waals surface area (Å²) in [5.41, 5.74) is 4.17. The van der Waals surface area contributed by atoms with Crippen molar-refractivity contribution in [2.45, 2.75) is 45.6 Å². The summed E-state index contributed by atoms with van der Waals surface area (Å²) in [6, 6.07) is 15.1. The van der Waals surface area contributed by atoms with Gasteiger partial charge in [0.05, 0.1) is 23.3 Å². The molecule has 4 aromatic carbocycles. The van der Waals surface area contributed by atoms with Crippen LogP contribution in [0.4, 0.5) is 13.6 Å². The van der Waals surface area contributed by atoms with Crippen LogP contribution in [0.15, 0.2) is 72.0 Å². The molecule has 0 aliphatic heterocycles. The van der Waals surface area contributed by atoms with Crippen LogP contribution < -0.4 is 9.47 Å². The van der Waals surface area contributed by atoms with Crippen molar-refractivity contribution in [3.05, 3.63) is 89.8 Å². The van der Waals surface area contributed by atoms with Gasteiger partial charge < -0.3 is 34.3 Å². The van der Waals surface area contributed by atoms with Crippen molar-refractivity contribution in [3.63, 3.8) is 0 Å². The number of phenols is 2. The molecule has 0 unspecified atom stereocenters. The van der Waals surface area contributed by atoms with Gasteiger partial charge in [0.1, 0.15) is 50.8 Å². The molecule has 16 nitrogen and oxygen atoms in total. The van der Waals surface area contributed by atoms with E-state index in [4.69, 9.17) is 9.47 Å². The molecular weight excluding hydrogens is 801 g/mol. The highest BCUT2D eigenvalue weighted by Gasteiger charge is 2.25. The molecule has 0 aliphatic carbocycles. The van der Waals surface area contributed by atoms with Gasteiger partial charge in [0.15, 0.2) is 11.6 Å². The van der Waals surface area contributed by atoms with Gasteiger partial charge >= 0.3 is 12.1 Å². The fraction of sp³-hybridized carbons (Fsp3) is 0.244. The molecule has 0 fully saturated rings. The number of carbonyl (C=O) groups excluding carboxylic acids is 2. The number of benzene rings is 4. The zero-order valence-electron chi connectivity index (χ0n) is 33.5. The molecule has 0 radical (unpaired) electrons. The summed E-state index contributed by atoms with van der Waals surface area (Å²) in [5.74, 6) is -3.08. The third-order valence-corrected chi connectivity index (χ3v) is 9.60. The average molecular weight is 842 g/mol. The number of aryl methyl sites for hydroxylation is 3. The highest BCUT2D eigenvalue weighted by molar-refractivity contribution is 7.80. The van der Waals surface area contributed by atoms with Crippen LogP contribution in [0.3, 0.4) is 0 Å². The second-order valence-corrected chi connectivity index (χ2v) is 14.3. The largest absolute Gasteiger partial charge is 0.506 e. The predicted molar refractivity (Wildman–Crippen MR) is 219 cm³/mol. The molecule has 3 aromatic heterocycles. The Hall–Kier alpha value is -7.02. The normalized spacial score (nSPS) is 11.1. The van der Waals surface area contributed by atoms with E-state index in [2.05, 4.69) is 38.2 Å². The number of imidazole rings is 1. The summed E-state index contributed by atoms with van der Waals surface area (Å²) >= 11 is 4.19. The van der Waals surface area contributed by atoms with Crippen molar-refractivity contribution >= 4 is 35.7 Å². The first-order valence-corrected chi connectivity index (χ1v) is 19.0. The predicted octanol–water partition coefficient (Wildman–Crippen LogP) is 7.19. The minimum atomic E-state index is -1.09. The van der Waals surface area contributed by atoms with Crippen molar-refractivity contribution in [2.24, 2.45) is 13.0 Å². The van der Waals surface area contributed by atoms with E-state index in [-0.39, 0.29) is 57.0 Å². The highest BCUT2D eigenvalue weighted by atomic mass is 32.1. The molecule has 0 aliphatic rings. The number of fused-ring (bicyclic) bond motifs is 1. The molecule has 0 atom stereocenters. The molecule has 7 rings (SSSR count). The third kappa shape index (κ3) is 8.28. The minimum Gasteiger partial charge on any atom is -0.506 e. The van der Waals surface area contributed by atoms with Crippen LogP contribution in [0.25, 0.3) is 44.9 Å². The molecule has 7 aromatic rings. The van der Waals surface area contributed by atoms with Crippen LogP contribution in [0.1, 0.15) is 38.8 Å². The summed E-state index contributed by atoms with van der Waals surface area (Å²) in [6.07, 6.45) is 2.10. The number of phenolic OH excluding ortho intramolecular Hbond substituents is 2. The van der Waals surface area contributed by atoms with Crippen LogP contribution in [0.5, 0.6) is 28.9 Å². The summed E-state index contributed by atoms with van der Waals surface area (Å²) < 4.78 is 43.2. The van der Waals surface area contributed by atoms with E-state index in [0.717, 1.165) is 16.3 Å². The number of aromatic nitrogens is 8. The van der Waals surface area contributed by atoms with Crippen molar-refractivity contribution in [1.29, 1.82) is 0 Å². The Morgan fingerprint density at radius 3 is 1.98 bits per heavy atom. The van der Waals surface area contributed by atoms with Gasteiger partial charge in [-0.05, 0) is 54.3 Å². The van der Waals surface area contributed by atoms with E-state index in [1.54, 1.807) is 32.3 Å². The maximum atomic E-state index is 14.4. The Bertz CT molecular complexity index is 2750. The number of amides is 1. The van der Waals surface area contributed by atoms with E-state index in [9.17, 15) is 33.7 Å². The molecular formula is C41H41F2N9O7S. The Morgan fingerprint density at radius 2 is 1.38 bits per heavy atom. The second-order valence-electron chi connectivity index (χ2n) is 13.9. The number of para-hydroxylation sites is 1.